The van der Waals surface area contributed by atoms with Crippen molar-refractivity contribution >= 4 is 13.3 Å². The average molecular weight is 275 g/mol. The van der Waals surface area contributed by atoms with Crippen LogP contribution in [0.25, 0.3) is 0 Å². The van der Waals surface area contributed by atoms with Crippen LogP contribution >= 0.6 is 8.03 Å². The van der Waals surface area contributed by atoms with Gasteiger partial charge in [-0.15, -0.1) is 0 Å². The third kappa shape index (κ3) is 3.61. The van der Waals surface area contributed by atoms with Crippen molar-refractivity contribution in [1.82, 2.24) is 0 Å². The molecular formula is C14H16N2O2P+. The van der Waals surface area contributed by atoms with E-state index in [9.17, 15) is 4.57 Å². The Morgan fingerprint density at radius 2 is 1.32 bits per heavy atom. The molecule has 0 aliphatic carbocycles. The third-order valence-corrected chi connectivity index (χ3v) is 3.83. The quantitative estimate of drug-likeness (QED) is 0.819. The van der Waals surface area contributed by atoms with Crippen molar-refractivity contribution in [3.63, 3.8) is 0 Å². The van der Waals surface area contributed by atoms with Crippen molar-refractivity contribution in [2.45, 2.75) is 13.1 Å². The van der Waals surface area contributed by atoms with Crippen LogP contribution in [-0.4, -0.2) is 0 Å². The minimum atomic E-state index is -1.91. The van der Waals surface area contributed by atoms with Crippen LogP contribution in [0.15, 0.2) is 48.5 Å². The van der Waals surface area contributed by atoms with Gasteiger partial charge in [0.05, 0.1) is 0 Å². The molecule has 4 nitrogen and oxygen atoms in total. The Bertz CT molecular complexity index is 553. The van der Waals surface area contributed by atoms with Crippen LogP contribution in [0.4, 0.5) is 0 Å². The molecule has 4 N–H and O–H groups in total. The van der Waals surface area contributed by atoms with Gasteiger partial charge in [-0.3, -0.25) is 4.52 Å². The van der Waals surface area contributed by atoms with E-state index in [-0.39, 0.29) is 0 Å². The molecule has 2 rings (SSSR count). The van der Waals surface area contributed by atoms with E-state index in [1.165, 1.54) is 0 Å². The van der Waals surface area contributed by atoms with Crippen molar-refractivity contribution in [3.05, 3.63) is 59.7 Å². The lowest BCUT2D eigenvalue weighted by Gasteiger charge is -1.97. The highest BCUT2D eigenvalue weighted by Crippen LogP contribution is 2.26. The molecule has 0 spiro atoms. The van der Waals surface area contributed by atoms with Gasteiger partial charge in [0, 0.05) is 13.1 Å². The number of hydrogen-bond donors (Lipinski definition) is 2. The summed E-state index contributed by atoms with van der Waals surface area (Å²) in [6.45, 7) is 0.950. The highest BCUT2D eigenvalue weighted by Gasteiger charge is 2.23. The van der Waals surface area contributed by atoms with Gasteiger partial charge in [0.2, 0.25) is 5.30 Å². The number of nitrogens with two attached hydrogens (primary N) is 2. The molecule has 0 aromatic heterocycles. The SMILES string of the molecule is NCc1ccc(O[P+](=O)c2ccc(CN)cc2)cc1. The molecule has 0 amide bonds. The molecule has 0 bridgehead atoms. The third-order valence-electron chi connectivity index (χ3n) is 2.73. The Balaban J connectivity index is 2.06. The average Bonchev–Trinajstić information content (AvgIpc) is 2.48. The topological polar surface area (TPSA) is 78.3 Å². The summed E-state index contributed by atoms with van der Waals surface area (Å²) in [5.41, 5.74) is 13.0. The highest BCUT2D eigenvalue weighted by atomic mass is 31.1. The molecule has 0 radical (unpaired) electrons. The van der Waals surface area contributed by atoms with Crippen LogP contribution < -0.4 is 21.3 Å². The van der Waals surface area contributed by atoms with Gasteiger partial charge in [-0.25, -0.2) is 0 Å². The van der Waals surface area contributed by atoms with Crippen molar-refractivity contribution in [3.8, 4) is 5.75 Å². The Labute approximate surface area is 113 Å². The molecule has 0 saturated carbocycles. The molecule has 0 fully saturated rings. The van der Waals surface area contributed by atoms with E-state index in [4.69, 9.17) is 16.0 Å². The standard InChI is InChI=1S/C14H16N2O2P/c15-9-11-1-5-13(6-2-11)18-19(17)14-7-3-12(10-16)4-8-14/h1-8H,9-10,15-16H2/q+1. The first kappa shape index (κ1) is 13.7. The fraction of sp³-hybridized carbons (Fsp3) is 0.143. The van der Waals surface area contributed by atoms with Gasteiger partial charge in [0.25, 0.3) is 0 Å². The van der Waals surface area contributed by atoms with Gasteiger partial charge < -0.3 is 11.5 Å². The summed E-state index contributed by atoms with van der Waals surface area (Å²) >= 11 is 0. The molecule has 0 aliphatic rings. The molecule has 1 atom stereocenters. The van der Waals surface area contributed by atoms with E-state index < -0.39 is 8.03 Å². The van der Waals surface area contributed by atoms with Gasteiger partial charge in [-0.05, 0) is 40.0 Å². The number of rotatable bonds is 5. The zero-order chi connectivity index (χ0) is 13.7. The largest absolute Gasteiger partial charge is 0.597 e. The maximum atomic E-state index is 12.0. The minimum Gasteiger partial charge on any atom is -0.326 e. The van der Waals surface area contributed by atoms with E-state index in [2.05, 4.69) is 0 Å². The Morgan fingerprint density at radius 3 is 1.79 bits per heavy atom. The van der Waals surface area contributed by atoms with Crippen LogP contribution in [-0.2, 0) is 17.7 Å². The van der Waals surface area contributed by atoms with Crippen molar-refractivity contribution in [2.75, 3.05) is 0 Å². The number of hydrogen-bond acceptors (Lipinski definition) is 4. The number of benzene rings is 2. The van der Waals surface area contributed by atoms with Crippen molar-refractivity contribution < 1.29 is 9.09 Å². The monoisotopic (exact) mass is 275 g/mol. The lowest BCUT2D eigenvalue weighted by molar-refractivity contribution is 0.514. The van der Waals surface area contributed by atoms with Crippen LogP contribution in [0.1, 0.15) is 11.1 Å². The van der Waals surface area contributed by atoms with Crippen molar-refractivity contribution in [1.29, 1.82) is 0 Å². The second-order valence-corrected chi connectivity index (χ2v) is 5.28. The molecule has 0 heterocycles. The summed E-state index contributed by atoms with van der Waals surface area (Å²) in [5.74, 6) is 0.571. The lowest BCUT2D eigenvalue weighted by atomic mass is 10.2. The highest BCUT2D eigenvalue weighted by molar-refractivity contribution is 7.48. The molecule has 0 aliphatic heterocycles. The van der Waals surface area contributed by atoms with Gasteiger partial charge in [0.1, 0.15) is 0 Å². The normalized spacial score (nSPS) is 11.2. The molecule has 2 aromatic rings. The zero-order valence-corrected chi connectivity index (χ0v) is 11.3. The minimum absolute atomic E-state index is 0.471. The van der Waals surface area contributed by atoms with Crippen LogP contribution in [0, 0.1) is 0 Å². The molecule has 98 valence electrons. The van der Waals surface area contributed by atoms with Crippen molar-refractivity contribution in [2.24, 2.45) is 11.5 Å². The second-order valence-electron chi connectivity index (χ2n) is 4.07. The Kier molecular flexibility index (Phi) is 4.63. The first-order valence-corrected chi connectivity index (χ1v) is 7.14. The van der Waals surface area contributed by atoms with E-state index in [1.54, 1.807) is 24.3 Å². The van der Waals surface area contributed by atoms with Crippen LogP contribution in [0.3, 0.4) is 0 Å². The van der Waals surface area contributed by atoms with E-state index in [0.717, 1.165) is 11.1 Å². The molecule has 0 saturated heterocycles. The van der Waals surface area contributed by atoms with E-state index >= 15 is 0 Å². The predicted octanol–water partition coefficient (Wildman–Crippen LogP) is 2.05. The van der Waals surface area contributed by atoms with Gasteiger partial charge >= 0.3 is 8.03 Å². The second kappa shape index (κ2) is 6.43. The van der Waals surface area contributed by atoms with E-state index in [1.807, 2.05) is 24.3 Å². The predicted molar refractivity (Wildman–Crippen MR) is 76.5 cm³/mol. The summed E-state index contributed by atoms with van der Waals surface area (Å²) in [7, 11) is -1.91. The van der Waals surface area contributed by atoms with Gasteiger partial charge in [-0.2, -0.15) is 0 Å². The summed E-state index contributed by atoms with van der Waals surface area (Å²) in [6.07, 6.45) is 0. The first-order chi connectivity index (χ1) is 9.22. The molecular weight excluding hydrogens is 259 g/mol. The zero-order valence-electron chi connectivity index (χ0n) is 10.5. The van der Waals surface area contributed by atoms with Gasteiger partial charge in [0.15, 0.2) is 5.75 Å². The Morgan fingerprint density at radius 1 is 0.842 bits per heavy atom. The first-order valence-electron chi connectivity index (χ1n) is 5.96. The summed E-state index contributed by atoms with van der Waals surface area (Å²) in [5, 5.41) is 0.648. The Hall–Kier alpha value is -1.74. The summed E-state index contributed by atoms with van der Waals surface area (Å²) in [6, 6.07) is 14.5. The molecule has 5 heteroatoms. The summed E-state index contributed by atoms with van der Waals surface area (Å²) in [4.78, 5) is 0. The molecule has 1 unspecified atom stereocenters. The fourth-order valence-corrected chi connectivity index (χ4v) is 2.40. The smallest absolute Gasteiger partial charge is 0.326 e. The molecule has 19 heavy (non-hydrogen) atoms. The van der Waals surface area contributed by atoms with E-state index in [0.29, 0.717) is 24.1 Å². The lowest BCUT2D eigenvalue weighted by Crippen LogP contribution is -2.02. The fourth-order valence-electron chi connectivity index (χ4n) is 1.59. The van der Waals surface area contributed by atoms with Crippen LogP contribution in [0.5, 0.6) is 5.75 Å². The molecule has 2 aromatic carbocycles. The maximum Gasteiger partial charge on any atom is 0.597 e. The van der Waals surface area contributed by atoms with Crippen LogP contribution in [0.2, 0.25) is 0 Å². The maximum absolute atomic E-state index is 12.0. The van der Waals surface area contributed by atoms with Gasteiger partial charge in [-0.1, -0.05) is 24.3 Å². The summed E-state index contributed by atoms with van der Waals surface area (Å²) < 4.78 is 17.4.